The SMILES string of the molecule is CCCC(C(N)=O)N1Cc2cc(C3=C(/C(C)=C/CCC(C)C)N(C)CN3)ccc2C1=O. The summed E-state index contributed by atoms with van der Waals surface area (Å²) < 4.78 is 0. The van der Waals surface area contributed by atoms with Crippen molar-refractivity contribution in [3.8, 4) is 0 Å². The molecule has 0 aromatic heterocycles. The average Bonchev–Trinajstić information content (AvgIpc) is 3.25. The Balaban J connectivity index is 1.90. The summed E-state index contributed by atoms with van der Waals surface area (Å²) in [6.07, 6.45) is 5.94. The summed E-state index contributed by atoms with van der Waals surface area (Å²) in [5, 5.41) is 3.52. The van der Waals surface area contributed by atoms with E-state index in [2.05, 4.69) is 50.2 Å². The highest BCUT2D eigenvalue weighted by molar-refractivity contribution is 6.01. The van der Waals surface area contributed by atoms with Gasteiger partial charge < -0.3 is 20.9 Å². The number of hydrogen-bond acceptors (Lipinski definition) is 4. The van der Waals surface area contributed by atoms with Gasteiger partial charge in [0.25, 0.3) is 5.91 Å². The molecular formula is C25H36N4O2. The first kappa shape index (κ1) is 22.9. The minimum absolute atomic E-state index is 0.103. The van der Waals surface area contributed by atoms with Crippen molar-refractivity contribution >= 4 is 17.5 Å². The molecule has 3 rings (SSSR count). The molecule has 3 N–H and O–H groups in total. The van der Waals surface area contributed by atoms with Crippen LogP contribution < -0.4 is 11.1 Å². The normalized spacial score (nSPS) is 17.5. The van der Waals surface area contributed by atoms with E-state index < -0.39 is 11.9 Å². The Kier molecular flexibility index (Phi) is 7.08. The van der Waals surface area contributed by atoms with E-state index in [4.69, 9.17) is 5.73 Å². The largest absolute Gasteiger partial charge is 0.368 e. The lowest BCUT2D eigenvalue weighted by atomic mass is 10.0. The molecule has 6 nitrogen and oxygen atoms in total. The fourth-order valence-electron chi connectivity index (χ4n) is 4.49. The molecule has 1 unspecified atom stereocenters. The van der Waals surface area contributed by atoms with E-state index in [1.165, 1.54) is 17.7 Å². The molecule has 1 atom stereocenters. The Morgan fingerprint density at radius 1 is 1.29 bits per heavy atom. The zero-order valence-electron chi connectivity index (χ0n) is 19.5. The van der Waals surface area contributed by atoms with Crippen LogP contribution >= 0.6 is 0 Å². The number of hydrogen-bond donors (Lipinski definition) is 2. The van der Waals surface area contributed by atoms with Crippen LogP contribution in [0.5, 0.6) is 0 Å². The van der Waals surface area contributed by atoms with Crippen molar-refractivity contribution in [2.45, 2.75) is 66.0 Å². The average molecular weight is 425 g/mol. The molecule has 0 saturated carbocycles. The number of benzene rings is 1. The Hall–Kier alpha value is -2.76. The predicted molar refractivity (Wildman–Crippen MR) is 125 cm³/mol. The molecule has 6 heteroatoms. The van der Waals surface area contributed by atoms with Gasteiger partial charge in [0.2, 0.25) is 5.91 Å². The Morgan fingerprint density at radius 2 is 2.03 bits per heavy atom. The van der Waals surface area contributed by atoms with Crippen LogP contribution in [-0.4, -0.2) is 41.4 Å². The number of amides is 2. The van der Waals surface area contributed by atoms with Gasteiger partial charge in [-0.2, -0.15) is 0 Å². The molecular weight excluding hydrogens is 388 g/mol. The van der Waals surface area contributed by atoms with Gasteiger partial charge in [-0.25, -0.2) is 0 Å². The molecule has 31 heavy (non-hydrogen) atoms. The highest BCUT2D eigenvalue weighted by atomic mass is 16.2. The molecule has 0 aliphatic carbocycles. The summed E-state index contributed by atoms with van der Waals surface area (Å²) in [6.45, 7) is 9.83. The smallest absolute Gasteiger partial charge is 0.255 e. The van der Waals surface area contributed by atoms with Gasteiger partial charge in [0.15, 0.2) is 0 Å². The number of rotatable bonds is 9. The van der Waals surface area contributed by atoms with Crippen molar-refractivity contribution in [1.82, 2.24) is 15.1 Å². The summed E-state index contributed by atoms with van der Waals surface area (Å²) >= 11 is 0. The highest BCUT2D eigenvalue weighted by Gasteiger charge is 2.35. The van der Waals surface area contributed by atoms with Crippen LogP contribution in [0.2, 0.25) is 0 Å². The second-order valence-electron chi connectivity index (χ2n) is 9.13. The maximum atomic E-state index is 12.9. The molecule has 2 aliphatic rings. The third-order valence-electron chi connectivity index (χ3n) is 6.17. The zero-order chi connectivity index (χ0) is 22.7. The molecule has 2 aliphatic heterocycles. The molecule has 0 bridgehead atoms. The third kappa shape index (κ3) is 4.78. The third-order valence-corrected chi connectivity index (χ3v) is 6.17. The van der Waals surface area contributed by atoms with Crippen LogP contribution in [0.25, 0.3) is 5.70 Å². The van der Waals surface area contributed by atoms with Gasteiger partial charge in [-0.3, -0.25) is 9.59 Å². The Bertz CT molecular complexity index is 916. The minimum Gasteiger partial charge on any atom is -0.368 e. The van der Waals surface area contributed by atoms with Gasteiger partial charge in [0.1, 0.15) is 6.04 Å². The van der Waals surface area contributed by atoms with E-state index in [0.717, 1.165) is 36.3 Å². The van der Waals surface area contributed by atoms with E-state index in [0.29, 0.717) is 24.4 Å². The Morgan fingerprint density at radius 3 is 2.68 bits per heavy atom. The lowest BCUT2D eigenvalue weighted by Gasteiger charge is -2.24. The van der Waals surface area contributed by atoms with Crippen LogP contribution in [0.4, 0.5) is 0 Å². The zero-order valence-corrected chi connectivity index (χ0v) is 19.5. The standard InChI is InChI=1S/C25H36N4O2/c1-6-8-21(24(26)30)29-14-19-13-18(11-12-20(19)25(29)31)22-23(28(5)15-27-22)17(4)10-7-9-16(2)3/h10-13,16,21,27H,6-9,14-15H2,1-5H3,(H2,26,30)/b17-10+. The molecule has 0 saturated heterocycles. The van der Waals surface area contributed by atoms with E-state index in [9.17, 15) is 9.59 Å². The molecule has 168 valence electrons. The van der Waals surface area contributed by atoms with Crippen molar-refractivity contribution in [2.24, 2.45) is 11.7 Å². The number of nitrogens with zero attached hydrogens (tertiary/aromatic N) is 2. The van der Waals surface area contributed by atoms with Gasteiger partial charge in [0.05, 0.1) is 18.1 Å². The van der Waals surface area contributed by atoms with Gasteiger partial charge in [-0.15, -0.1) is 0 Å². The number of nitrogens with two attached hydrogens (primary N) is 1. The number of fused-ring (bicyclic) bond motifs is 1. The van der Waals surface area contributed by atoms with Crippen molar-refractivity contribution < 1.29 is 9.59 Å². The maximum absolute atomic E-state index is 12.9. The number of carbonyl (C=O) groups excluding carboxylic acids is 2. The lowest BCUT2D eigenvalue weighted by molar-refractivity contribution is -0.122. The van der Waals surface area contributed by atoms with Crippen molar-refractivity contribution in [1.29, 1.82) is 0 Å². The van der Waals surface area contributed by atoms with Crippen LogP contribution in [0.1, 0.15) is 74.9 Å². The first-order chi connectivity index (χ1) is 14.7. The van der Waals surface area contributed by atoms with Gasteiger partial charge in [0, 0.05) is 24.7 Å². The molecule has 0 fully saturated rings. The number of nitrogens with one attached hydrogen (secondary N) is 1. The van der Waals surface area contributed by atoms with Crippen molar-refractivity contribution in [2.75, 3.05) is 13.7 Å². The molecule has 1 aromatic carbocycles. The van der Waals surface area contributed by atoms with Crippen LogP contribution in [-0.2, 0) is 11.3 Å². The summed E-state index contributed by atoms with van der Waals surface area (Å²) in [5.74, 6) is 0.148. The Labute approximate surface area is 186 Å². The topological polar surface area (TPSA) is 78.7 Å². The van der Waals surface area contributed by atoms with E-state index >= 15 is 0 Å². The molecule has 2 heterocycles. The van der Waals surface area contributed by atoms with Crippen LogP contribution in [0, 0.1) is 5.92 Å². The van der Waals surface area contributed by atoms with Crippen LogP contribution in [0.3, 0.4) is 0 Å². The monoisotopic (exact) mass is 424 g/mol. The fraction of sp³-hybridized carbons (Fsp3) is 0.520. The summed E-state index contributed by atoms with van der Waals surface area (Å²) in [7, 11) is 2.09. The summed E-state index contributed by atoms with van der Waals surface area (Å²) in [6, 6.07) is 5.42. The fourth-order valence-corrected chi connectivity index (χ4v) is 4.49. The number of carbonyl (C=O) groups is 2. The maximum Gasteiger partial charge on any atom is 0.255 e. The summed E-state index contributed by atoms with van der Waals surface area (Å²) in [4.78, 5) is 28.7. The molecule has 2 amide bonds. The number of allylic oxidation sites excluding steroid dienone is 2. The van der Waals surface area contributed by atoms with Crippen molar-refractivity contribution in [3.63, 3.8) is 0 Å². The van der Waals surface area contributed by atoms with E-state index in [-0.39, 0.29) is 5.91 Å². The van der Waals surface area contributed by atoms with Gasteiger partial charge in [-0.05, 0) is 55.4 Å². The minimum atomic E-state index is -0.551. The van der Waals surface area contributed by atoms with Crippen LogP contribution in [0.15, 0.2) is 35.5 Å². The molecule has 1 aromatic rings. The van der Waals surface area contributed by atoms with E-state index in [1.54, 1.807) is 4.90 Å². The van der Waals surface area contributed by atoms with E-state index in [1.807, 2.05) is 19.1 Å². The second kappa shape index (κ2) is 9.58. The predicted octanol–water partition coefficient (Wildman–Crippen LogP) is 3.84. The summed E-state index contributed by atoms with van der Waals surface area (Å²) in [5.41, 5.74) is 11.8. The first-order valence-corrected chi connectivity index (χ1v) is 11.3. The molecule has 0 radical (unpaired) electrons. The number of primary amides is 1. The lowest BCUT2D eigenvalue weighted by Crippen LogP contribution is -2.44. The quantitative estimate of drug-likeness (QED) is 0.631. The second-order valence-corrected chi connectivity index (χ2v) is 9.13. The first-order valence-electron chi connectivity index (χ1n) is 11.3. The van der Waals surface area contributed by atoms with Gasteiger partial charge in [-0.1, -0.05) is 39.3 Å². The molecule has 0 spiro atoms. The highest BCUT2D eigenvalue weighted by Crippen LogP contribution is 2.33. The van der Waals surface area contributed by atoms with Gasteiger partial charge >= 0.3 is 0 Å². The number of likely N-dealkylation sites (N-methyl/N-ethyl adjacent to an activating group) is 1. The van der Waals surface area contributed by atoms with Crippen molar-refractivity contribution in [3.05, 3.63) is 52.2 Å².